The maximum Gasteiger partial charge on any atom is 0.255 e. The molecule has 0 saturated heterocycles. The first-order valence-corrected chi connectivity index (χ1v) is 8.50. The summed E-state index contributed by atoms with van der Waals surface area (Å²) in [7, 11) is 0. The predicted octanol–water partition coefficient (Wildman–Crippen LogP) is 2.78. The average molecular weight is 458 g/mol. The molecular formula is C16H14Br2N2O4. The number of hydrogen-bond acceptors (Lipinski definition) is 4. The number of nitrogens with one attached hydrogen (secondary N) is 2. The van der Waals surface area contributed by atoms with Crippen LogP contribution in [0.5, 0.6) is 11.5 Å². The van der Waals surface area contributed by atoms with Crippen molar-refractivity contribution >= 4 is 43.7 Å². The van der Waals surface area contributed by atoms with E-state index < -0.39 is 11.8 Å². The fraction of sp³-hybridized carbons (Fsp3) is 0.125. The van der Waals surface area contributed by atoms with Crippen molar-refractivity contribution in [1.82, 2.24) is 10.6 Å². The lowest BCUT2D eigenvalue weighted by Crippen LogP contribution is -2.34. The second-order valence-corrected chi connectivity index (χ2v) is 6.67. The number of halogens is 2. The monoisotopic (exact) mass is 456 g/mol. The van der Waals surface area contributed by atoms with Crippen molar-refractivity contribution in [2.24, 2.45) is 0 Å². The highest BCUT2D eigenvalue weighted by molar-refractivity contribution is 9.10. The number of carbonyl (C=O) groups excluding carboxylic acids is 2. The molecule has 0 atom stereocenters. The minimum absolute atomic E-state index is 0.126. The minimum atomic E-state index is -0.451. The Morgan fingerprint density at radius 1 is 0.792 bits per heavy atom. The van der Waals surface area contributed by atoms with Crippen LogP contribution in [0.1, 0.15) is 20.7 Å². The molecule has 6 nitrogen and oxygen atoms in total. The summed E-state index contributed by atoms with van der Waals surface area (Å²) in [6, 6.07) is 9.08. The molecule has 0 fully saturated rings. The Kier molecular flexibility index (Phi) is 6.22. The second kappa shape index (κ2) is 8.16. The molecule has 2 rings (SSSR count). The van der Waals surface area contributed by atoms with Gasteiger partial charge >= 0.3 is 0 Å². The van der Waals surface area contributed by atoms with Crippen LogP contribution in [-0.4, -0.2) is 35.1 Å². The van der Waals surface area contributed by atoms with Gasteiger partial charge < -0.3 is 20.8 Å². The number of phenols is 2. The van der Waals surface area contributed by atoms with Gasteiger partial charge in [-0.2, -0.15) is 0 Å². The van der Waals surface area contributed by atoms with E-state index in [1.54, 1.807) is 12.1 Å². The maximum atomic E-state index is 12.0. The third-order valence-electron chi connectivity index (χ3n) is 3.10. The summed E-state index contributed by atoms with van der Waals surface area (Å²) in [6.07, 6.45) is 0. The van der Waals surface area contributed by atoms with E-state index in [0.29, 0.717) is 8.95 Å². The van der Waals surface area contributed by atoms with E-state index in [-0.39, 0.29) is 35.7 Å². The lowest BCUT2D eigenvalue weighted by Gasteiger charge is -2.09. The van der Waals surface area contributed by atoms with Crippen LogP contribution in [0.15, 0.2) is 45.3 Å². The Hall–Kier alpha value is -2.06. The number of rotatable bonds is 5. The molecule has 0 bridgehead atoms. The summed E-state index contributed by atoms with van der Waals surface area (Å²) in [5.74, 6) is -1.15. The third kappa shape index (κ3) is 4.72. The van der Waals surface area contributed by atoms with Gasteiger partial charge in [-0.25, -0.2) is 0 Å². The molecule has 0 saturated carbocycles. The van der Waals surface area contributed by atoms with Crippen molar-refractivity contribution < 1.29 is 19.8 Å². The highest BCUT2D eigenvalue weighted by Crippen LogP contribution is 2.22. The van der Waals surface area contributed by atoms with Crippen LogP contribution < -0.4 is 10.6 Å². The smallest absolute Gasteiger partial charge is 0.255 e. The summed E-state index contributed by atoms with van der Waals surface area (Å²) in [4.78, 5) is 24.0. The first kappa shape index (κ1) is 18.3. The van der Waals surface area contributed by atoms with Gasteiger partial charge in [0.15, 0.2) is 0 Å². The topological polar surface area (TPSA) is 98.7 Å². The Morgan fingerprint density at radius 3 is 1.54 bits per heavy atom. The summed E-state index contributed by atoms with van der Waals surface area (Å²) < 4.78 is 1.34. The standard InChI is InChI=1S/C16H14Br2N2O4/c17-9-1-3-13(21)11(7-9)15(23)19-5-6-20-16(24)12-8-10(18)2-4-14(12)22/h1-4,7-8,21-22H,5-6H2,(H,19,23)(H,20,24). The molecule has 2 aromatic rings. The van der Waals surface area contributed by atoms with Gasteiger partial charge in [0.05, 0.1) is 11.1 Å². The summed E-state index contributed by atoms with van der Waals surface area (Å²) in [6.45, 7) is 0.344. The minimum Gasteiger partial charge on any atom is -0.507 e. The number of hydrogen-bond donors (Lipinski definition) is 4. The van der Waals surface area contributed by atoms with Gasteiger partial charge in [0.25, 0.3) is 11.8 Å². The van der Waals surface area contributed by atoms with Crippen molar-refractivity contribution in [2.75, 3.05) is 13.1 Å². The molecule has 0 unspecified atom stereocenters. The average Bonchev–Trinajstić information content (AvgIpc) is 2.55. The lowest BCUT2D eigenvalue weighted by molar-refractivity contribution is 0.0924. The van der Waals surface area contributed by atoms with E-state index in [1.807, 2.05) is 0 Å². The van der Waals surface area contributed by atoms with Crippen molar-refractivity contribution in [3.63, 3.8) is 0 Å². The summed E-state index contributed by atoms with van der Waals surface area (Å²) >= 11 is 6.46. The van der Waals surface area contributed by atoms with Crippen molar-refractivity contribution in [3.05, 3.63) is 56.5 Å². The molecule has 0 aromatic heterocycles. The molecular weight excluding hydrogens is 444 g/mol. The molecule has 126 valence electrons. The zero-order chi connectivity index (χ0) is 17.7. The fourth-order valence-corrected chi connectivity index (χ4v) is 2.64. The fourth-order valence-electron chi connectivity index (χ4n) is 1.92. The van der Waals surface area contributed by atoms with Gasteiger partial charge in [-0.05, 0) is 36.4 Å². The van der Waals surface area contributed by atoms with Gasteiger partial charge in [-0.1, -0.05) is 31.9 Å². The predicted molar refractivity (Wildman–Crippen MR) is 96.3 cm³/mol. The largest absolute Gasteiger partial charge is 0.507 e. The first-order valence-electron chi connectivity index (χ1n) is 6.92. The van der Waals surface area contributed by atoms with E-state index in [4.69, 9.17) is 0 Å². The number of phenolic OH excluding ortho intramolecular Hbond substituents is 2. The van der Waals surface area contributed by atoms with Gasteiger partial charge in [-0.3, -0.25) is 9.59 Å². The zero-order valence-corrected chi connectivity index (χ0v) is 15.5. The van der Waals surface area contributed by atoms with Gasteiger partial charge in [0.2, 0.25) is 0 Å². The number of benzene rings is 2. The number of carbonyl (C=O) groups is 2. The van der Waals surface area contributed by atoms with Crippen LogP contribution in [0.25, 0.3) is 0 Å². The molecule has 4 N–H and O–H groups in total. The molecule has 8 heteroatoms. The molecule has 0 spiro atoms. The number of amides is 2. The van der Waals surface area contributed by atoms with Crippen LogP contribution in [0.3, 0.4) is 0 Å². The van der Waals surface area contributed by atoms with Crippen molar-refractivity contribution in [2.45, 2.75) is 0 Å². The lowest BCUT2D eigenvalue weighted by atomic mass is 10.2. The zero-order valence-electron chi connectivity index (χ0n) is 12.3. The highest BCUT2D eigenvalue weighted by atomic mass is 79.9. The van der Waals surface area contributed by atoms with E-state index in [0.717, 1.165) is 0 Å². The van der Waals surface area contributed by atoms with Crippen LogP contribution in [0.4, 0.5) is 0 Å². The van der Waals surface area contributed by atoms with Crippen molar-refractivity contribution in [1.29, 1.82) is 0 Å². The summed E-state index contributed by atoms with van der Waals surface area (Å²) in [5.41, 5.74) is 0.278. The highest BCUT2D eigenvalue weighted by Gasteiger charge is 2.13. The molecule has 2 amide bonds. The Labute approximate surface area is 155 Å². The second-order valence-electron chi connectivity index (χ2n) is 4.83. The first-order chi connectivity index (χ1) is 11.4. The molecule has 2 aromatic carbocycles. The molecule has 0 heterocycles. The Morgan fingerprint density at radius 2 is 1.17 bits per heavy atom. The van der Waals surface area contributed by atoms with Crippen LogP contribution >= 0.6 is 31.9 Å². The normalized spacial score (nSPS) is 10.2. The van der Waals surface area contributed by atoms with Crippen LogP contribution in [-0.2, 0) is 0 Å². The van der Waals surface area contributed by atoms with Crippen LogP contribution in [0, 0.1) is 0 Å². The Balaban J connectivity index is 1.86. The van der Waals surface area contributed by atoms with E-state index in [1.165, 1.54) is 24.3 Å². The van der Waals surface area contributed by atoms with Gasteiger partial charge in [0, 0.05) is 22.0 Å². The van der Waals surface area contributed by atoms with Gasteiger partial charge in [0.1, 0.15) is 11.5 Å². The number of aromatic hydroxyl groups is 2. The quantitative estimate of drug-likeness (QED) is 0.519. The van der Waals surface area contributed by atoms with E-state index >= 15 is 0 Å². The van der Waals surface area contributed by atoms with Crippen LogP contribution in [0.2, 0.25) is 0 Å². The maximum absolute atomic E-state index is 12.0. The molecule has 0 radical (unpaired) electrons. The van der Waals surface area contributed by atoms with Crippen molar-refractivity contribution in [3.8, 4) is 11.5 Å². The Bertz CT molecular complexity index is 715. The molecule has 0 aliphatic rings. The SMILES string of the molecule is O=C(NCCNC(=O)c1cc(Br)ccc1O)c1cc(Br)ccc1O. The van der Waals surface area contributed by atoms with E-state index in [2.05, 4.69) is 42.5 Å². The molecule has 24 heavy (non-hydrogen) atoms. The molecule has 0 aliphatic carbocycles. The van der Waals surface area contributed by atoms with E-state index in [9.17, 15) is 19.8 Å². The summed E-state index contributed by atoms with van der Waals surface area (Å²) in [5, 5.41) is 24.5. The van der Waals surface area contributed by atoms with Gasteiger partial charge in [-0.15, -0.1) is 0 Å². The third-order valence-corrected chi connectivity index (χ3v) is 4.09. The molecule has 0 aliphatic heterocycles.